The van der Waals surface area contributed by atoms with Crippen molar-refractivity contribution in [3.63, 3.8) is 0 Å². The van der Waals surface area contributed by atoms with E-state index in [2.05, 4.69) is 0 Å². The second-order valence-electron chi connectivity index (χ2n) is 4.80. The van der Waals surface area contributed by atoms with Crippen LogP contribution in [0.4, 0.5) is 0 Å². The average Bonchev–Trinajstić information content (AvgIpc) is 2.15. The van der Waals surface area contributed by atoms with Crippen LogP contribution in [0.15, 0.2) is 18.2 Å². The van der Waals surface area contributed by atoms with Crippen molar-refractivity contribution in [2.75, 3.05) is 0 Å². The maximum absolute atomic E-state index is 11.7. The molecule has 0 saturated carbocycles. The fourth-order valence-corrected chi connectivity index (χ4v) is 1.31. The molecular weight excluding hydrogens is 204 g/mol. The lowest BCUT2D eigenvalue weighted by molar-refractivity contribution is 0.00694. The summed E-state index contributed by atoms with van der Waals surface area (Å²) in [6.07, 6.45) is 0. The van der Waals surface area contributed by atoms with Crippen LogP contribution in [0.1, 0.15) is 42.3 Å². The molecule has 16 heavy (non-hydrogen) atoms. The van der Waals surface area contributed by atoms with Crippen LogP contribution in [-0.2, 0) is 11.3 Å². The predicted octanol–water partition coefficient (Wildman–Crippen LogP) is 2.44. The summed E-state index contributed by atoms with van der Waals surface area (Å²) in [7, 11) is 0. The number of hydrogen-bond acceptors (Lipinski definition) is 3. The van der Waals surface area contributed by atoms with Gasteiger partial charge >= 0.3 is 5.97 Å². The molecule has 0 aliphatic carbocycles. The minimum Gasteiger partial charge on any atom is -0.456 e. The van der Waals surface area contributed by atoms with Gasteiger partial charge in [-0.25, -0.2) is 4.79 Å². The number of carbonyl (C=O) groups excluding carboxylic acids is 1. The van der Waals surface area contributed by atoms with Gasteiger partial charge in [0.25, 0.3) is 0 Å². The number of esters is 1. The van der Waals surface area contributed by atoms with Crippen molar-refractivity contribution < 1.29 is 14.6 Å². The third kappa shape index (κ3) is 3.35. The molecular formula is C13H18O3. The van der Waals surface area contributed by atoms with Gasteiger partial charge in [-0.05, 0) is 51.0 Å². The first-order chi connectivity index (χ1) is 7.33. The molecule has 0 saturated heterocycles. The molecule has 0 heterocycles. The topological polar surface area (TPSA) is 46.5 Å². The zero-order valence-electron chi connectivity index (χ0n) is 10.2. The summed E-state index contributed by atoms with van der Waals surface area (Å²) in [5.41, 5.74) is 1.70. The lowest BCUT2D eigenvalue weighted by atomic mass is 10.1. The molecule has 0 radical (unpaired) electrons. The Bertz CT molecular complexity index is 389. The maximum Gasteiger partial charge on any atom is 0.338 e. The van der Waals surface area contributed by atoms with Crippen molar-refractivity contribution in [1.82, 2.24) is 0 Å². The molecule has 3 nitrogen and oxygen atoms in total. The standard InChI is InChI=1S/C13H18O3/c1-9-5-6-10(7-11(9)8-14)12(15)16-13(2,3)4/h5-7,14H,8H2,1-4H3. The first kappa shape index (κ1) is 12.7. The van der Waals surface area contributed by atoms with E-state index in [-0.39, 0.29) is 12.6 Å². The molecule has 0 atom stereocenters. The molecule has 1 aromatic rings. The summed E-state index contributed by atoms with van der Waals surface area (Å²) >= 11 is 0. The number of ether oxygens (including phenoxy) is 1. The van der Waals surface area contributed by atoms with Gasteiger partial charge in [-0.1, -0.05) is 6.07 Å². The van der Waals surface area contributed by atoms with Crippen LogP contribution in [0.2, 0.25) is 0 Å². The van der Waals surface area contributed by atoms with E-state index in [9.17, 15) is 4.79 Å². The minimum absolute atomic E-state index is 0.0670. The normalized spacial score (nSPS) is 11.3. The second kappa shape index (κ2) is 4.66. The molecule has 1 N–H and O–H groups in total. The zero-order chi connectivity index (χ0) is 12.3. The van der Waals surface area contributed by atoms with Gasteiger partial charge in [-0.3, -0.25) is 0 Å². The van der Waals surface area contributed by atoms with Crippen LogP contribution in [0.25, 0.3) is 0 Å². The molecule has 0 fully saturated rings. The van der Waals surface area contributed by atoms with Crippen LogP contribution in [0.5, 0.6) is 0 Å². The molecule has 0 aliphatic heterocycles. The number of benzene rings is 1. The SMILES string of the molecule is Cc1ccc(C(=O)OC(C)(C)C)cc1CO. The lowest BCUT2D eigenvalue weighted by Crippen LogP contribution is -2.24. The average molecular weight is 222 g/mol. The van der Waals surface area contributed by atoms with E-state index in [4.69, 9.17) is 9.84 Å². The van der Waals surface area contributed by atoms with Crippen LogP contribution in [-0.4, -0.2) is 16.7 Å². The highest BCUT2D eigenvalue weighted by Crippen LogP contribution is 2.15. The molecule has 0 spiro atoms. The Morgan fingerprint density at radius 3 is 2.50 bits per heavy atom. The summed E-state index contributed by atoms with van der Waals surface area (Å²) in [4.78, 5) is 11.7. The molecule has 0 amide bonds. The number of hydrogen-bond donors (Lipinski definition) is 1. The Labute approximate surface area is 96.1 Å². The molecule has 1 rings (SSSR count). The van der Waals surface area contributed by atoms with Gasteiger partial charge in [0, 0.05) is 0 Å². The molecule has 0 bridgehead atoms. The van der Waals surface area contributed by atoms with E-state index in [0.29, 0.717) is 5.56 Å². The van der Waals surface area contributed by atoms with Gasteiger partial charge in [-0.2, -0.15) is 0 Å². The van der Waals surface area contributed by atoms with Gasteiger partial charge in [0.15, 0.2) is 0 Å². The molecule has 1 aromatic carbocycles. The van der Waals surface area contributed by atoms with Crippen LogP contribution < -0.4 is 0 Å². The number of carbonyl (C=O) groups is 1. The zero-order valence-corrected chi connectivity index (χ0v) is 10.2. The first-order valence-corrected chi connectivity index (χ1v) is 5.27. The van der Waals surface area contributed by atoms with Crippen molar-refractivity contribution in [2.45, 2.75) is 39.9 Å². The largest absolute Gasteiger partial charge is 0.456 e. The van der Waals surface area contributed by atoms with E-state index < -0.39 is 5.60 Å². The van der Waals surface area contributed by atoms with E-state index in [1.54, 1.807) is 12.1 Å². The molecule has 0 aromatic heterocycles. The quantitative estimate of drug-likeness (QED) is 0.782. The van der Waals surface area contributed by atoms with Crippen LogP contribution >= 0.6 is 0 Å². The Hall–Kier alpha value is -1.35. The lowest BCUT2D eigenvalue weighted by Gasteiger charge is -2.19. The van der Waals surface area contributed by atoms with Crippen molar-refractivity contribution in [2.24, 2.45) is 0 Å². The third-order valence-electron chi connectivity index (χ3n) is 2.15. The van der Waals surface area contributed by atoms with Gasteiger partial charge < -0.3 is 9.84 Å². The van der Waals surface area contributed by atoms with Gasteiger partial charge in [-0.15, -0.1) is 0 Å². The monoisotopic (exact) mass is 222 g/mol. The fraction of sp³-hybridized carbons (Fsp3) is 0.462. The summed E-state index contributed by atoms with van der Waals surface area (Å²) in [6, 6.07) is 5.19. The van der Waals surface area contributed by atoms with Gasteiger partial charge in [0.05, 0.1) is 12.2 Å². The highest BCUT2D eigenvalue weighted by molar-refractivity contribution is 5.90. The second-order valence-corrected chi connectivity index (χ2v) is 4.80. The molecule has 3 heteroatoms. The van der Waals surface area contributed by atoms with Gasteiger partial charge in [0.1, 0.15) is 5.60 Å². The smallest absolute Gasteiger partial charge is 0.338 e. The van der Waals surface area contributed by atoms with E-state index in [1.165, 1.54) is 0 Å². The summed E-state index contributed by atoms with van der Waals surface area (Å²) in [6.45, 7) is 7.30. The maximum atomic E-state index is 11.7. The number of aryl methyl sites for hydroxylation is 1. The van der Waals surface area contributed by atoms with E-state index in [0.717, 1.165) is 11.1 Å². The summed E-state index contributed by atoms with van der Waals surface area (Å²) in [5.74, 6) is -0.359. The van der Waals surface area contributed by atoms with Gasteiger partial charge in [0.2, 0.25) is 0 Å². The Kier molecular flexibility index (Phi) is 3.70. The fourth-order valence-electron chi connectivity index (χ4n) is 1.31. The van der Waals surface area contributed by atoms with Crippen molar-refractivity contribution in [1.29, 1.82) is 0 Å². The van der Waals surface area contributed by atoms with Crippen molar-refractivity contribution in [3.05, 3.63) is 34.9 Å². The number of aliphatic hydroxyl groups is 1. The van der Waals surface area contributed by atoms with E-state index >= 15 is 0 Å². The minimum atomic E-state index is -0.499. The number of rotatable bonds is 2. The van der Waals surface area contributed by atoms with Crippen LogP contribution in [0, 0.1) is 6.92 Å². The van der Waals surface area contributed by atoms with Crippen LogP contribution in [0.3, 0.4) is 0 Å². The first-order valence-electron chi connectivity index (χ1n) is 5.27. The molecule has 0 unspecified atom stereocenters. The Morgan fingerprint density at radius 1 is 1.38 bits per heavy atom. The Balaban J connectivity index is 2.93. The van der Waals surface area contributed by atoms with Crippen molar-refractivity contribution >= 4 is 5.97 Å². The van der Waals surface area contributed by atoms with Crippen molar-refractivity contribution in [3.8, 4) is 0 Å². The third-order valence-corrected chi connectivity index (χ3v) is 2.15. The van der Waals surface area contributed by atoms with E-state index in [1.807, 2.05) is 33.8 Å². The summed E-state index contributed by atoms with van der Waals surface area (Å²) in [5, 5.41) is 9.11. The highest BCUT2D eigenvalue weighted by Gasteiger charge is 2.18. The summed E-state index contributed by atoms with van der Waals surface area (Å²) < 4.78 is 5.24. The highest BCUT2D eigenvalue weighted by atomic mass is 16.6. The molecule has 0 aliphatic rings. The number of aliphatic hydroxyl groups excluding tert-OH is 1. The predicted molar refractivity (Wildman–Crippen MR) is 62.3 cm³/mol. The molecule has 88 valence electrons. The Morgan fingerprint density at radius 2 is 2.00 bits per heavy atom.